The molecule has 2 aliphatic heterocycles. The van der Waals surface area contributed by atoms with Crippen LogP contribution in [0.2, 0.25) is 0 Å². The largest absolute Gasteiger partial charge is 0.467 e. The lowest BCUT2D eigenvalue weighted by molar-refractivity contribution is -0.154. The molecule has 2 saturated carbocycles. The molecule has 0 radical (unpaired) electrons. The SMILES string of the molecule is COC(=O)[C@@H]1[C@@H]2[C@H](CN1C(=O)[C@@H](NC(=O)N[C@H](CN1Cc3ccccc3S1(=O)=O)C(C)(C)C)C1CCCCC1)C2(C)C. The molecule has 1 aromatic rings. The highest BCUT2D eigenvalue weighted by Gasteiger charge is 2.70. The molecule has 10 nitrogen and oxygen atoms in total. The quantitative estimate of drug-likeness (QED) is 0.461. The van der Waals surface area contributed by atoms with Crippen LogP contribution >= 0.6 is 0 Å². The maximum atomic E-state index is 14.1. The molecular weight excluding hydrogens is 556 g/mol. The predicted octanol–water partition coefficient (Wildman–Crippen LogP) is 3.51. The van der Waals surface area contributed by atoms with Gasteiger partial charge in [0.2, 0.25) is 15.9 Å². The van der Waals surface area contributed by atoms with Crippen LogP contribution in [0.15, 0.2) is 29.2 Å². The normalized spacial score (nSPS) is 27.9. The molecule has 0 aromatic heterocycles. The van der Waals surface area contributed by atoms with E-state index >= 15 is 0 Å². The standard InChI is InChI=1S/C31H46N4O6S/c1-30(2,3)23(18-34-16-20-14-10-11-15-22(20)42(34,39)40)32-29(38)33-25(19-12-8-7-9-13-19)27(36)35-17-21-24(31(21,4)5)26(35)28(37)41-6/h10-11,14-15,19,21,23-26H,7-9,12-13,16-18H2,1-6H3,(H2,32,33,38)/t21-,23+,24-,25-,26-/m0/s1. The Labute approximate surface area is 250 Å². The second-order valence-corrected chi connectivity index (χ2v) is 16.1. The predicted molar refractivity (Wildman–Crippen MR) is 158 cm³/mol. The zero-order chi connectivity index (χ0) is 30.6. The van der Waals surface area contributed by atoms with E-state index in [1.165, 1.54) is 11.4 Å². The molecule has 2 N–H and O–H groups in total. The number of fused-ring (bicyclic) bond motifs is 2. The fourth-order valence-corrected chi connectivity index (χ4v) is 9.12. The van der Waals surface area contributed by atoms with Crippen LogP contribution < -0.4 is 10.6 Å². The molecule has 5 rings (SSSR count). The van der Waals surface area contributed by atoms with Crippen LogP contribution in [-0.4, -0.2) is 73.9 Å². The summed E-state index contributed by atoms with van der Waals surface area (Å²) in [7, 11) is -2.32. The molecule has 0 spiro atoms. The van der Waals surface area contributed by atoms with Gasteiger partial charge in [0.25, 0.3) is 0 Å². The molecule has 11 heteroatoms. The van der Waals surface area contributed by atoms with Crippen LogP contribution in [0.1, 0.15) is 72.3 Å². The number of sulfonamides is 1. The number of urea groups is 1. The van der Waals surface area contributed by atoms with E-state index in [9.17, 15) is 22.8 Å². The highest BCUT2D eigenvalue weighted by atomic mass is 32.2. The third-order valence-corrected chi connectivity index (χ3v) is 12.2. The van der Waals surface area contributed by atoms with Crippen molar-refractivity contribution in [2.45, 2.75) is 96.3 Å². The van der Waals surface area contributed by atoms with E-state index in [0.717, 1.165) is 37.7 Å². The second-order valence-electron chi connectivity index (χ2n) is 14.2. The molecule has 2 heterocycles. The number of amides is 3. The summed E-state index contributed by atoms with van der Waals surface area (Å²) in [5.41, 5.74) is 0.240. The van der Waals surface area contributed by atoms with E-state index < -0.39 is 45.6 Å². The lowest BCUT2D eigenvalue weighted by Crippen LogP contribution is -2.60. The van der Waals surface area contributed by atoms with Gasteiger partial charge in [0.15, 0.2) is 0 Å². The van der Waals surface area contributed by atoms with Gasteiger partial charge in [0.1, 0.15) is 12.1 Å². The minimum atomic E-state index is -3.67. The highest BCUT2D eigenvalue weighted by Crippen LogP contribution is 2.65. The van der Waals surface area contributed by atoms with E-state index in [2.05, 4.69) is 24.5 Å². The first-order valence-electron chi connectivity index (χ1n) is 15.2. The Balaban J connectivity index is 1.33. The average Bonchev–Trinajstić information content (AvgIpc) is 3.21. The summed E-state index contributed by atoms with van der Waals surface area (Å²) >= 11 is 0. The Morgan fingerprint density at radius 2 is 1.74 bits per heavy atom. The molecular formula is C31H46N4O6S. The summed E-state index contributed by atoms with van der Waals surface area (Å²) in [6.07, 6.45) is 4.69. The maximum absolute atomic E-state index is 14.1. The van der Waals surface area contributed by atoms with Crippen LogP contribution in [0.5, 0.6) is 0 Å². The number of hydrogen-bond acceptors (Lipinski definition) is 6. The third kappa shape index (κ3) is 5.54. The first kappa shape index (κ1) is 30.8. The number of benzene rings is 1. The summed E-state index contributed by atoms with van der Waals surface area (Å²) < 4.78 is 33.0. The maximum Gasteiger partial charge on any atom is 0.328 e. The fourth-order valence-electron chi connectivity index (χ4n) is 7.47. The summed E-state index contributed by atoms with van der Waals surface area (Å²) in [5.74, 6) is -0.411. The number of hydrogen-bond donors (Lipinski definition) is 2. The molecule has 1 aromatic carbocycles. The number of methoxy groups -OCH3 is 1. The summed E-state index contributed by atoms with van der Waals surface area (Å²) in [5, 5.41) is 6.02. The lowest BCUT2D eigenvalue weighted by atomic mass is 9.83. The van der Waals surface area contributed by atoms with E-state index in [-0.39, 0.29) is 42.2 Å². The molecule has 5 atom stereocenters. The molecule has 3 fully saturated rings. The van der Waals surface area contributed by atoms with E-state index in [1.54, 1.807) is 17.0 Å². The monoisotopic (exact) mass is 602 g/mol. The number of nitrogens with one attached hydrogen (secondary N) is 2. The van der Waals surface area contributed by atoms with Gasteiger partial charge >= 0.3 is 12.0 Å². The van der Waals surface area contributed by atoms with Crippen molar-refractivity contribution in [1.82, 2.24) is 19.8 Å². The lowest BCUT2D eigenvalue weighted by Gasteiger charge is -2.38. The smallest absolute Gasteiger partial charge is 0.328 e. The van der Waals surface area contributed by atoms with E-state index in [1.807, 2.05) is 32.9 Å². The van der Waals surface area contributed by atoms with Crippen molar-refractivity contribution in [3.63, 3.8) is 0 Å². The van der Waals surface area contributed by atoms with Crippen LogP contribution in [0.4, 0.5) is 4.79 Å². The average molecular weight is 603 g/mol. The van der Waals surface area contributed by atoms with E-state index in [4.69, 9.17) is 4.74 Å². The summed E-state index contributed by atoms with van der Waals surface area (Å²) in [6.45, 7) is 10.9. The number of rotatable bonds is 7. The van der Waals surface area contributed by atoms with E-state index in [0.29, 0.717) is 11.4 Å². The molecule has 0 bridgehead atoms. The fraction of sp³-hybridized carbons (Fsp3) is 0.710. The second kappa shape index (κ2) is 11.1. The van der Waals surface area contributed by atoms with Crippen LogP contribution in [0.3, 0.4) is 0 Å². The first-order valence-corrected chi connectivity index (χ1v) is 16.6. The zero-order valence-corrected chi connectivity index (χ0v) is 26.5. The molecule has 2 aliphatic carbocycles. The Kier molecular flexibility index (Phi) is 8.15. The van der Waals surface area contributed by atoms with Crippen LogP contribution in [0, 0.1) is 28.6 Å². The highest BCUT2D eigenvalue weighted by molar-refractivity contribution is 7.89. The van der Waals surface area contributed by atoms with Crippen molar-refractivity contribution < 1.29 is 27.5 Å². The Hall–Kier alpha value is -2.66. The Morgan fingerprint density at radius 3 is 2.36 bits per heavy atom. The Morgan fingerprint density at radius 1 is 1.07 bits per heavy atom. The van der Waals surface area contributed by atoms with Gasteiger partial charge in [-0.3, -0.25) is 4.79 Å². The van der Waals surface area contributed by atoms with Gasteiger partial charge < -0.3 is 20.3 Å². The number of carbonyl (C=O) groups is 3. The van der Waals surface area contributed by atoms with Crippen molar-refractivity contribution in [3.05, 3.63) is 29.8 Å². The van der Waals surface area contributed by atoms with Crippen molar-refractivity contribution >= 4 is 27.9 Å². The molecule has 42 heavy (non-hydrogen) atoms. The third-order valence-electron chi connectivity index (χ3n) is 10.3. The number of esters is 1. The van der Waals surface area contributed by atoms with Gasteiger partial charge in [-0.1, -0.05) is 72.1 Å². The van der Waals surface area contributed by atoms with Crippen LogP contribution in [0.25, 0.3) is 0 Å². The van der Waals surface area contributed by atoms with Gasteiger partial charge in [-0.25, -0.2) is 18.0 Å². The molecule has 1 saturated heterocycles. The Bertz CT molecular complexity index is 1330. The minimum Gasteiger partial charge on any atom is -0.467 e. The van der Waals surface area contributed by atoms with Crippen molar-refractivity contribution in [1.29, 1.82) is 0 Å². The van der Waals surface area contributed by atoms with Crippen LogP contribution in [-0.2, 0) is 30.9 Å². The van der Waals surface area contributed by atoms with Gasteiger partial charge in [-0.15, -0.1) is 0 Å². The number of piperidine rings is 1. The molecule has 3 amide bonds. The van der Waals surface area contributed by atoms with Gasteiger partial charge in [-0.2, -0.15) is 4.31 Å². The van der Waals surface area contributed by atoms with Gasteiger partial charge in [0.05, 0.1) is 12.0 Å². The first-order chi connectivity index (χ1) is 19.7. The number of likely N-dealkylation sites (tertiary alicyclic amines) is 1. The number of nitrogens with zero attached hydrogens (tertiary/aromatic N) is 2. The van der Waals surface area contributed by atoms with Crippen molar-refractivity contribution in [2.75, 3.05) is 20.2 Å². The number of ether oxygens (including phenoxy) is 1. The zero-order valence-electron chi connectivity index (χ0n) is 25.7. The summed E-state index contributed by atoms with van der Waals surface area (Å²) in [6, 6.07) is 4.50. The number of carbonyl (C=O) groups excluding carboxylic acids is 3. The van der Waals surface area contributed by atoms with Crippen molar-refractivity contribution in [3.8, 4) is 0 Å². The minimum absolute atomic E-state index is 0.0315. The van der Waals surface area contributed by atoms with Gasteiger partial charge in [-0.05, 0) is 47.1 Å². The molecule has 4 aliphatic rings. The van der Waals surface area contributed by atoms with Crippen molar-refractivity contribution in [2.24, 2.45) is 28.6 Å². The topological polar surface area (TPSA) is 125 Å². The summed E-state index contributed by atoms with van der Waals surface area (Å²) in [4.78, 5) is 42.6. The molecule has 0 unspecified atom stereocenters. The van der Waals surface area contributed by atoms with Gasteiger partial charge in [0, 0.05) is 31.6 Å². The molecule has 232 valence electrons.